The van der Waals surface area contributed by atoms with Gasteiger partial charge in [0.2, 0.25) is 11.8 Å². The SMILES string of the molecule is CC(=O)N1CCc2c(NC(=O)c3cc(NC(=O)CCl)cc(C(F)(F)F)c3)cccc21. The minimum absolute atomic E-state index is 0.144. The predicted molar refractivity (Wildman–Crippen MR) is 107 cm³/mol. The molecule has 2 aromatic carbocycles. The molecule has 0 radical (unpaired) electrons. The molecule has 0 saturated carbocycles. The van der Waals surface area contributed by atoms with Gasteiger partial charge in [-0.05, 0) is 36.8 Å². The number of rotatable bonds is 4. The standard InChI is InChI=1S/C20H17ClF3N3O3/c1-11(28)27-6-5-15-16(3-2-4-17(15)27)26-19(30)12-7-13(20(22,23)24)9-14(8-12)25-18(29)10-21/h2-4,7-9H,5-6,10H2,1H3,(H,25,29)(H,26,30). The second kappa shape index (κ2) is 8.35. The molecule has 0 spiro atoms. The number of carbonyl (C=O) groups is 3. The van der Waals surface area contributed by atoms with Gasteiger partial charge in [-0.1, -0.05) is 6.07 Å². The summed E-state index contributed by atoms with van der Waals surface area (Å²) in [6, 6.07) is 7.57. The molecule has 0 bridgehead atoms. The van der Waals surface area contributed by atoms with Crippen LogP contribution in [-0.2, 0) is 22.2 Å². The van der Waals surface area contributed by atoms with Crippen molar-refractivity contribution in [3.05, 3.63) is 53.1 Å². The molecule has 0 aliphatic carbocycles. The molecule has 0 atom stereocenters. The van der Waals surface area contributed by atoms with Crippen molar-refractivity contribution in [2.45, 2.75) is 19.5 Å². The van der Waals surface area contributed by atoms with Gasteiger partial charge in [-0.25, -0.2) is 0 Å². The fourth-order valence-corrected chi connectivity index (χ4v) is 3.33. The van der Waals surface area contributed by atoms with Crippen molar-refractivity contribution in [1.82, 2.24) is 0 Å². The number of anilines is 3. The molecule has 1 aliphatic heterocycles. The van der Waals surface area contributed by atoms with Gasteiger partial charge in [0.25, 0.3) is 5.91 Å². The molecule has 2 N–H and O–H groups in total. The van der Waals surface area contributed by atoms with Crippen molar-refractivity contribution >= 4 is 46.4 Å². The van der Waals surface area contributed by atoms with Gasteiger partial charge in [-0.2, -0.15) is 13.2 Å². The van der Waals surface area contributed by atoms with Crippen LogP contribution in [0.4, 0.5) is 30.2 Å². The highest BCUT2D eigenvalue weighted by molar-refractivity contribution is 6.29. The molecule has 10 heteroatoms. The lowest BCUT2D eigenvalue weighted by molar-refractivity contribution is -0.137. The Balaban J connectivity index is 1.93. The summed E-state index contributed by atoms with van der Waals surface area (Å²) in [5.74, 6) is -2.07. The van der Waals surface area contributed by atoms with Gasteiger partial charge in [0.1, 0.15) is 5.88 Å². The number of alkyl halides is 4. The maximum Gasteiger partial charge on any atom is 0.416 e. The van der Waals surface area contributed by atoms with E-state index in [4.69, 9.17) is 11.6 Å². The van der Waals surface area contributed by atoms with Gasteiger partial charge < -0.3 is 15.5 Å². The summed E-state index contributed by atoms with van der Waals surface area (Å²) in [6.07, 6.45) is -4.21. The predicted octanol–water partition coefficient (Wildman–Crippen LogP) is 4.04. The Bertz CT molecular complexity index is 1020. The Kier molecular flexibility index (Phi) is 6.02. The summed E-state index contributed by atoms with van der Waals surface area (Å²) in [7, 11) is 0. The summed E-state index contributed by atoms with van der Waals surface area (Å²) < 4.78 is 39.7. The average Bonchev–Trinajstić information content (AvgIpc) is 3.12. The highest BCUT2D eigenvalue weighted by Crippen LogP contribution is 2.35. The van der Waals surface area contributed by atoms with Crippen LogP contribution < -0.4 is 15.5 Å². The van der Waals surface area contributed by atoms with Gasteiger partial charge in [-0.15, -0.1) is 11.6 Å². The van der Waals surface area contributed by atoms with E-state index in [9.17, 15) is 27.6 Å². The molecule has 0 unspecified atom stereocenters. The monoisotopic (exact) mass is 439 g/mol. The lowest BCUT2D eigenvalue weighted by Crippen LogP contribution is -2.25. The summed E-state index contributed by atoms with van der Waals surface area (Å²) in [6.45, 7) is 1.88. The van der Waals surface area contributed by atoms with Gasteiger partial charge in [0, 0.05) is 41.7 Å². The lowest BCUT2D eigenvalue weighted by Gasteiger charge is -2.16. The van der Waals surface area contributed by atoms with E-state index in [1.54, 1.807) is 23.1 Å². The fraction of sp³-hybridized carbons (Fsp3) is 0.250. The molecule has 2 aromatic rings. The van der Waals surface area contributed by atoms with E-state index in [0.29, 0.717) is 30.4 Å². The zero-order chi connectivity index (χ0) is 22.1. The summed E-state index contributed by atoms with van der Waals surface area (Å²) in [5.41, 5.74) is 0.226. The zero-order valence-corrected chi connectivity index (χ0v) is 16.5. The molecule has 1 aliphatic rings. The molecule has 0 saturated heterocycles. The van der Waals surface area contributed by atoms with Crippen LogP contribution in [0.3, 0.4) is 0 Å². The Morgan fingerprint density at radius 1 is 1.13 bits per heavy atom. The maximum atomic E-state index is 13.2. The topological polar surface area (TPSA) is 78.5 Å². The number of nitrogens with zero attached hydrogens (tertiary/aromatic N) is 1. The smallest absolute Gasteiger partial charge is 0.325 e. The minimum atomic E-state index is -4.72. The second-order valence-electron chi connectivity index (χ2n) is 6.66. The molecule has 1 heterocycles. The second-order valence-corrected chi connectivity index (χ2v) is 6.92. The third-order valence-corrected chi connectivity index (χ3v) is 4.83. The molecule has 0 aromatic heterocycles. The highest BCUT2D eigenvalue weighted by atomic mass is 35.5. The van der Waals surface area contributed by atoms with Crippen LogP contribution in [-0.4, -0.2) is 30.1 Å². The van der Waals surface area contributed by atoms with Crippen LogP contribution in [0.5, 0.6) is 0 Å². The van der Waals surface area contributed by atoms with Crippen LogP contribution in [0.1, 0.15) is 28.4 Å². The molecule has 3 rings (SSSR count). The number of carbonyl (C=O) groups excluding carboxylic acids is 3. The van der Waals surface area contributed by atoms with E-state index >= 15 is 0 Å². The zero-order valence-electron chi connectivity index (χ0n) is 15.8. The van der Waals surface area contributed by atoms with Crippen LogP contribution >= 0.6 is 11.6 Å². The number of nitrogens with one attached hydrogen (secondary N) is 2. The lowest BCUT2D eigenvalue weighted by atomic mass is 10.1. The fourth-order valence-electron chi connectivity index (χ4n) is 3.26. The Hall–Kier alpha value is -3.07. The first-order chi connectivity index (χ1) is 14.1. The quantitative estimate of drug-likeness (QED) is 0.706. The van der Waals surface area contributed by atoms with Gasteiger partial charge in [0.15, 0.2) is 0 Å². The number of halogens is 4. The summed E-state index contributed by atoms with van der Waals surface area (Å²) >= 11 is 5.39. The first-order valence-corrected chi connectivity index (χ1v) is 9.43. The first kappa shape index (κ1) is 21.6. The molecule has 158 valence electrons. The van der Waals surface area contributed by atoms with Crippen LogP contribution in [0.25, 0.3) is 0 Å². The number of amides is 3. The van der Waals surface area contributed by atoms with Gasteiger partial charge in [-0.3, -0.25) is 14.4 Å². The minimum Gasteiger partial charge on any atom is -0.325 e. The Morgan fingerprint density at radius 2 is 1.87 bits per heavy atom. The molecule has 0 fully saturated rings. The van der Waals surface area contributed by atoms with Crippen molar-refractivity contribution in [2.24, 2.45) is 0 Å². The van der Waals surface area contributed by atoms with Crippen molar-refractivity contribution in [2.75, 3.05) is 28.0 Å². The van der Waals surface area contributed by atoms with Crippen LogP contribution in [0, 0.1) is 0 Å². The van der Waals surface area contributed by atoms with Gasteiger partial charge in [0.05, 0.1) is 5.56 Å². The van der Waals surface area contributed by atoms with E-state index in [2.05, 4.69) is 10.6 Å². The van der Waals surface area contributed by atoms with Crippen LogP contribution in [0.15, 0.2) is 36.4 Å². The van der Waals surface area contributed by atoms with Crippen molar-refractivity contribution in [3.8, 4) is 0 Å². The van der Waals surface area contributed by atoms with Crippen molar-refractivity contribution in [3.63, 3.8) is 0 Å². The van der Waals surface area contributed by atoms with Crippen molar-refractivity contribution < 1.29 is 27.6 Å². The van der Waals surface area contributed by atoms with E-state index in [1.165, 1.54) is 6.92 Å². The molecular weight excluding hydrogens is 423 g/mol. The summed E-state index contributed by atoms with van der Waals surface area (Å²) in [4.78, 5) is 37.5. The van der Waals surface area contributed by atoms with E-state index < -0.39 is 29.4 Å². The summed E-state index contributed by atoms with van der Waals surface area (Å²) in [5, 5.41) is 4.84. The Morgan fingerprint density at radius 3 is 2.50 bits per heavy atom. The number of hydrogen-bond acceptors (Lipinski definition) is 3. The van der Waals surface area contributed by atoms with Crippen molar-refractivity contribution in [1.29, 1.82) is 0 Å². The van der Waals surface area contributed by atoms with Gasteiger partial charge >= 0.3 is 6.18 Å². The highest BCUT2D eigenvalue weighted by Gasteiger charge is 2.32. The van der Waals surface area contributed by atoms with E-state index in [1.807, 2.05) is 0 Å². The average molecular weight is 440 g/mol. The normalized spacial score (nSPS) is 13.0. The third-order valence-electron chi connectivity index (χ3n) is 4.58. The van der Waals surface area contributed by atoms with E-state index in [-0.39, 0.29) is 17.2 Å². The largest absolute Gasteiger partial charge is 0.416 e. The molecular formula is C20H17ClF3N3O3. The Labute approximate surface area is 175 Å². The van der Waals surface area contributed by atoms with Crippen LogP contribution in [0.2, 0.25) is 0 Å². The number of hydrogen-bond donors (Lipinski definition) is 2. The third kappa shape index (κ3) is 4.56. The molecule has 30 heavy (non-hydrogen) atoms. The number of fused-ring (bicyclic) bond motifs is 1. The first-order valence-electron chi connectivity index (χ1n) is 8.89. The van der Waals surface area contributed by atoms with E-state index in [0.717, 1.165) is 17.7 Å². The molecule has 6 nitrogen and oxygen atoms in total. The molecule has 3 amide bonds. The maximum absolute atomic E-state index is 13.2. The number of benzene rings is 2.